The monoisotopic (exact) mass is 464 g/mol. The van der Waals surface area contributed by atoms with Gasteiger partial charge in [0.1, 0.15) is 11.9 Å². The number of hydrogen-bond donors (Lipinski definition) is 1. The quantitative estimate of drug-likeness (QED) is 0.417. The summed E-state index contributed by atoms with van der Waals surface area (Å²) in [6.45, 7) is 2.05. The van der Waals surface area contributed by atoms with Crippen molar-refractivity contribution < 1.29 is 22.9 Å². The summed E-state index contributed by atoms with van der Waals surface area (Å²) in [4.78, 5) is 23.0. The van der Waals surface area contributed by atoms with Crippen molar-refractivity contribution >= 4 is 38.7 Å². The molecule has 31 heavy (non-hydrogen) atoms. The fraction of sp³-hybridized carbons (Fsp3) is 0.158. The number of amides is 1. The van der Waals surface area contributed by atoms with Crippen LogP contribution in [0.5, 0.6) is 5.75 Å². The molecule has 0 saturated heterocycles. The fourth-order valence-electron chi connectivity index (χ4n) is 2.73. The first-order valence-electron chi connectivity index (χ1n) is 8.88. The van der Waals surface area contributed by atoms with E-state index in [1.54, 1.807) is 6.92 Å². The Morgan fingerprint density at radius 1 is 1.23 bits per heavy atom. The van der Waals surface area contributed by atoms with Gasteiger partial charge in [-0.05, 0) is 43.3 Å². The number of ether oxygens (including phenoxy) is 1. The SMILES string of the molecule is CCn1cc([N+](=O)[O-])c(C(=O)Nc2cc(OC)cc(S(=O)(=O)c3ccc(Cl)cc3)c2)n1. The van der Waals surface area contributed by atoms with Gasteiger partial charge in [-0.15, -0.1) is 0 Å². The average Bonchev–Trinajstić information content (AvgIpc) is 3.19. The lowest BCUT2D eigenvalue weighted by molar-refractivity contribution is -0.385. The number of rotatable bonds is 7. The highest BCUT2D eigenvalue weighted by Gasteiger charge is 2.26. The van der Waals surface area contributed by atoms with Crippen molar-refractivity contribution in [1.82, 2.24) is 9.78 Å². The normalized spacial score (nSPS) is 11.2. The maximum Gasteiger partial charge on any atom is 0.320 e. The van der Waals surface area contributed by atoms with Crippen LogP contribution in [-0.2, 0) is 16.4 Å². The lowest BCUT2D eigenvalue weighted by atomic mass is 10.2. The van der Waals surface area contributed by atoms with Crippen LogP contribution in [0.15, 0.2) is 58.5 Å². The summed E-state index contributed by atoms with van der Waals surface area (Å²) in [6.07, 6.45) is 1.15. The molecule has 0 fully saturated rings. The molecule has 162 valence electrons. The van der Waals surface area contributed by atoms with E-state index < -0.39 is 32.0 Å². The second-order valence-electron chi connectivity index (χ2n) is 6.28. The summed E-state index contributed by atoms with van der Waals surface area (Å²) < 4.78 is 32.4. The fourth-order valence-corrected chi connectivity index (χ4v) is 4.17. The number of aromatic nitrogens is 2. The topological polar surface area (TPSA) is 133 Å². The number of carbonyl (C=O) groups excluding carboxylic acids is 1. The Hall–Kier alpha value is -3.44. The van der Waals surface area contributed by atoms with Gasteiger partial charge in [0, 0.05) is 23.3 Å². The first-order valence-corrected chi connectivity index (χ1v) is 10.7. The molecule has 0 unspecified atom stereocenters. The molecule has 0 aliphatic carbocycles. The van der Waals surface area contributed by atoms with E-state index in [0.29, 0.717) is 11.6 Å². The van der Waals surface area contributed by atoms with Crippen LogP contribution in [-0.4, -0.2) is 36.1 Å². The number of methoxy groups -OCH3 is 1. The molecule has 1 aromatic heterocycles. The van der Waals surface area contributed by atoms with E-state index in [1.165, 1.54) is 54.3 Å². The van der Waals surface area contributed by atoms with E-state index >= 15 is 0 Å². The van der Waals surface area contributed by atoms with E-state index in [2.05, 4.69) is 10.4 Å². The molecule has 0 aliphatic rings. The average molecular weight is 465 g/mol. The molecule has 0 radical (unpaired) electrons. The van der Waals surface area contributed by atoms with Gasteiger partial charge in [0.25, 0.3) is 5.91 Å². The Morgan fingerprint density at radius 3 is 2.48 bits per heavy atom. The largest absolute Gasteiger partial charge is 0.497 e. The number of anilines is 1. The zero-order valence-corrected chi connectivity index (χ0v) is 18.0. The first kappa shape index (κ1) is 22.2. The number of aryl methyl sites for hydroxylation is 1. The molecule has 0 aliphatic heterocycles. The minimum atomic E-state index is -3.95. The molecular formula is C19H17ClN4O6S. The molecule has 1 amide bonds. The van der Waals surface area contributed by atoms with Gasteiger partial charge in [0.15, 0.2) is 0 Å². The zero-order valence-electron chi connectivity index (χ0n) is 16.4. The smallest absolute Gasteiger partial charge is 0.320 e. The van der Waals surface area contributed by atoms with Crippen molar-refractivity contribution in [3.05, 3.63) is 69.5 Å². The first-order chi connectivity index (χ1) is 14.6. The molecule has 1 heterocycles. The minimum absolute atomic E-state index is 0.000226. The van der Waals surface area contributed by atoms with Crippen LogP contribution in [0.2, 0.25) is 5.02 Å². The maximum absolute atomic E-state index is 13.0. The van der Waals surface area contributed by atoms with E-state index in [1.807, 2.05) is 0 Å². The minimum Gasteiger partial charge on any atom is -0.497 e. The summed E-state index contributed by atoms with van der Waals surface area (Å²) >= 11 is 5.83. The number of carbonyl (C=O) groups is 1. The zero-order chi connectivity index (χ0) is 22.8. The highest BCUT2D eigenvalue weighted by Crippen LogP contribution is 2.29. The van der Waals surface area contributed by atoms with Gasteiger partial charge in [-0.1, -0.05) is 11.6 Å². The molecule has 0 atom stereocenters. The molecule has 0 spiro atoms. The Labute approximate surface area is 182 Å². The molecular weight excluding hydrogens is 448 g/mol. The van der Waals surface area contributed by atoms with Gasteiger partial charge in [-0.2, -0.15) is 5.10 Å². The Kier molecular flexibility index (Phi) is 6.27. The van der Waals surface area contributed by atoms with Gasteiger partial charge in [0.05, 0.1) is 21.8 Å². The predicted molar refractivity (Wildman–Crippen MR) is 112 cm³/mol. The third kappa shape index (κ3) is 4.67. The van der Waals surface area contributed by atoms with Crippen LogP contribution in [0.4, 0.5) is 11.4 Å². The lowest BCUT2D eigenvalue weighted by Gasteiger charge is -2.11. The Bertz CT molecular complexity index is 1250. The predicted octanol–water partition coefficient (Wildman–Crippen LogP) is 3.56. The molecule has 1 N–H and O–H groups in total. The van der Waals surface area contributed by atoms with Crippen molar-refractivity contribution in [1.29, 1.82) is 0 Å². The van der Waals surface area contributed by atoms with Crippen LogP contribution >= 0.6 is 11.6 Å². The standard InChI is InChI=1S/C19H17ClN4O6S/c1-3-23-11-17(24(26)27)18(22-23)19(25)21-13-8-14(30-2)10-16(9-13)31(28,29)15-6-4-12(20)5-7-15/h4-11H,3H2,1-2H3,(H,21,25). The molecule has 0 saturated carbocycles. The van der Waals surface area contributed by atoms with E-state index in [9.17, 15) is 23.3 Å². The Balaban J connectivity index is 2.00. The van der Waals surface area contributed by atoms with Crippen LogP contribution in [0.1, 0.15) is 17.4 Å². The molecule has 12 heteroatoms. The van der Waals surface area contributed by atoms with E-state index in [0.717, 1.165) is 6.20 Å². The maximum atomic E-state index is 13.0. The second-order valence-corrected chi connectivity index (χ2v) is 8.67. The van der Waals surface area contributed by atoms with Gasteiger partial charge in [-0.25, -0.2) is 8.42 Å². The molecule has 10 nitrogen and oxygen atoms in total. The second kappa shape index (κ2) is 8.74. The summed E-state index contributed by atoms with van der Waals surface area (Å²) in [5.74, 6) is -0.694. The van der Waals surface area contributed by atoms with Gasteiger partial charge >= 0.3 is 5.69 Å². The van der Waals surface area contributed by atoms with Gasteiger partial charge in [0.2, 0.25) is 15.5 Å². The van der Waals surface area contributed by atoms with Crippen LogP contribution in [0.3, 0.4) is 0 Å². The molecule has 2 aromatic carbocycles. The number of halogens is 1. The molecule has 0 bridgehead atoms. The number of nitrogens with one attached hydrogen (secondary N) is 1. The molecule has 3 aromatic rings. The van der Waals surface area contributed by atoms with Crippen molar-refractivity contribution in [2.45, 2.75) is 23.3 Å². The van der Waals surface area contributed by atoms with Crippen molar-refractivity contribution in [3.8, 4) is 5.75 Å². The lowest BCUT2D eigenvalue weighted by Crippen LogP contribution is -2.15. The molecule has 3 rings (SSSR count). The number of nitro groups is 1. The Morgan fingerprint density at radius 2 is 1.90 bits per heavy atom. The van der Waals surface area contributed by atoms with Crippen molar-refractivity contribution in [2.24, 2.45) is 0 Å². The number of sulfone groups is 1. The van der Waals surface area contributed by atoms with Crippen molar-refractivity contribution in [2.75, 3.05) is 12.4 Å². The van der Waals surface area contributed by atoms with Gasteiger partial charge in [-0.3, -0.25) is 19.6 Å². The third-order valence-electron chi connectivity index (χ3n) is 4.29. The van der Waals surface area contributed by atoms with E-state index in [-0.39, 0.29) is 21.2 Å². The summed E-state index contributed by atoms with van der Waals surface area (Å²) in [5, 5.41) is 18.0. The van der Waals surface area contributed by atoms with Crippen LogP contribution in [0.25, 0.3) is 0 Å². The van der Waals surface area contributed by atoms with Crippen molar-refractivity contribution in [3.63, 3.8) is 0 Å². The van der Waals surface area contributed by atoms with Gasteiger partial charge < -0.3 is 10.1 Å². The highest BCUT2D eigenvalue weighted by molar-refractivity contribution is 7.91. The van der Waals surface area contributed by atoms with Crippen LogP contribution < -0.4 is 10.1 Å². The summed E-state index contributed by atoms with van der Waals surface area (Å²) in [7, 11) is -2.61. The highest BCUT2D eigenvalue weighted by atomic mass is 35.5. The van der Waals surface area contributed by atoms with E-state index in [4.69, 9.17) is 16.3 Å². The van der Waals surface area contributed by atoms with Crippen LogP contribution in [0, 0.1) is 10.1 Å². The summed E-state index contributed by atoms with van der Waals surface area (Å²) in [6, 6.07) is 9.52. The third-order valence-corrected chi connectivity index (χ3v) is 6.29. The number of nitrogens with zero attached hydrogens (tertiary/aromatic N) is 3. The number of hydrogen-bond acceptors (Lipinski definition) is 7. The summed E-state index contributed by atoms with van der Waals surface area (Å²) in [5.41, 5.74) is -0.787. The number of benzene rings is 2.